The quantitative estimate of drug-likeness (QED) is 0.894. The minimum absolute atomic E-state index is 0.168. The molecule has 1 fully saturated rings. The van der Waals surface area contributed by atoms with E-state index in [1.165, 1.54) is 0 Å². The SMILES string of the molecule is c1cc(CN[C@H]2COC[C@H]2n2ccnn2)c2c(c1)OCO2. The second-order valence-electron chi connectivity index (χ2n) is 5.13. The number of hydrogen-bond donors (Lipinski definition) is 1. The summed E-state index contributed by atoms with van der Waals surface area (Å²) in [5.74, 6) is 1.64. The van der Waals surface area contributed by atoms with E-state index in [-0.39, 0.29) is 12.1 Å². The molecule has 1 N–H and O–H groups in total. The highest BCUT2D eigenvalue weighted by Gasteiger charge is 2.30. The molecule has 1 aromatic heterocycles. The number of para-hydroxylation sites is 1. The van der Waals surface area contributed by atoms with E-state index in [9.17, 15) is 0 Å². The van der Waals surface area contributed by atoms with Crippen LogP contribution < -0.4 is 14.8 Å². The summed E-state index contributed by atoms with van der Waals surface area (Å²) in [6.07, 6.45) is 3.55. The fraction of sp³-hybridized carbons (Fsp3) is 0.429. The molecule has 7 heteroatoms. The lowest BCUT2D eigenvalue weighted by Gasteiger charge is -2.19. The molecule has 110 valence electrons. The normalized spacial score (nSPS) is 23.6. The molecule has 2 aliphatic rings. The Bertz CT molecular complexity index is 617. The third kappa shape index (κ3) is 2.34. The van der Waals surface area contributed by atoms with Crippen molar-refractivity contribution in [2.45, 2.75) is 18.6 Å². The van der Waals surface area contributed by atoms with Crippen LogP contribution in [0.25, 0.3) is 0 Å². The Hall–Kier alpha value is -2.12. The Morgan fingerprint density at radius 1 is 1.29 bits per heavy atom. The van der Waals surface area contributed by atoms with Gasteiger partial charge in [0.2, 0.25) is 6.79 Å². The fourth-order valence-electron chi connectivity index (χ4n) is 2.76. The first kappa shape index (κ1) is 12.6. The van der Waals surface area contributed by atoms with Crippen molar-refractivity contribution >= 4 is 0 Å². The Morgan fingerprint density at radius 2 is 2.29 bits per heavy atom. The molecule has 0 aliphatic carbocycles. The van der Waals surface area contributed by atoms with Crippen LogP contribution in [0.5, 0.6) is 11.5 Å². The molecule has 2 atom stereocenters. The van der Waals surface area contributed by atoms with Gasteiger partial charge in [-0.3, -0.25) is 0 Å². The van der Waals surface area contributed by atoms with Crippen molar-refractivity contribution in [2.24, 2.45) is 0 Å². The smallest absolute Gasteiger partial charge is 0.231 e. The first-order valence-electron chi connectivity index (χ1n) is 6.96. The van der Waals surface area contributed by atoms with E-state index < -0.39 is 0 Å². The van der Waals surface area contributed by atoms with Gasteiger partial charge in [0.05, 0.1) is 31.5 Å². The van der Waals surface area contributed by atoms with Crippen molar-refractivity contribution < 1.29 is 14.2 Å². The van der Waals surface area contributed by atoms with E-state index in [2.05, 4.69) is 15.6 Å². The number of ether oxygens (including phenoxy) is 3. The molecule has 7 nitrogen and oxygen atoms in total. The Kier molecular flexibility index (Phi) is 3.21. The van der Waals surface area contributed by atoms with Crippen LogP contribution in [-0.2, 0) is 11.3 Å². The van der Waals surface area contributed by atoms with Crippen molar-refractivity contribution in [3.05, 3.63) is 36.2 Å². The zero-order chi connectivity index (χ0) is 14.1. The Labute approximate surface area is 121 Å². The monoisotopic (exact) mass is 288 g/mol. The second-order valence-corrected chi connectivity index (χ2v) is 5.13. The zero-order valence-electron chi connectivity index (χ0n) is 11.4. The first-order chi connectivity index (χ1) is 10.4. The van der Waals surface area contributed by atoms with Gasteiger partial charge in [-0.05, 0) is 6.07 Å². The van der Waals surface area contributed by atoms with Gasteiger partial charge in [0.15, 0.2) is 11.5 Å². The zero-order valence-corrected chi connectivity index (χ0v) is 11.4. The number of nitrogens with one attached hydrogen (secondary N) is 1. The van der Waals surface area contributed by atoms with Gasteiger partial charge >= 0.3 is 0 Å². The summed E-state index contributed by atoms with van der Waals surface area (Å²) in [6.45, 7) is 2.30. The van der Waals surface area contributed by atoms with E-state index in [1.807, 2.05) is 29.1 Å². The number of fused-ring (bicyclic) bond motifs is 1. The summed E-state index contributed by atoms with van der Waals surface area (Å²) in [4.78, 5) is 0. The van der Waals surface area contributed by atoms with Crippen LogP contribution >= 0.6 is 0 Å². The summed E-state index contributed by atoms with van der Waals surface area (Å²) < 4.78 is 18.3. The average molecular weight is 288 g/mol. The van der Waals surface area contributed by atoms with Crippen LogP contribution in [0.4, 0.5) is 0 Å². The number of aromatic nitrogens is 3. The van der Waals surface area contributed by atoms with Gasteiger partial charge in [0.1, 0.15) is 0 Å². The molecular formula is C14H16N4O3. The maximum absolute atomic E-state index is 5.57. The summed E-state index contributed by atoms with van der Waals surface area (Å²) in [7, 11) is 0. The van der Waals surface area contributed by atoms with Gasteiger partial charge < -0.3 is 19.5 Å². The number of benzene rings is 1. The topological polar surface area (TPSA) is 70.4 Å². The molecular weight excluding hydrogens is 272 g/mol. The van der Waals surface area contributed by atoms with E-state index in [1.54, 1.807) is 6.20 Å². The van der Waals surface area contributed by atoms with Crippen molar-refractivity contribution in [3.8, 4) is 11.5 Å². The maximum atomic E-state index is 5.57. The number of nitrogens with zero attached hydrogens (tertiary/aromatic N) is 3. The highest BCUT2D eigenvalue weighted by molar-refractivity contribution is 5.48. The van der Waals surface area contributed by atoms with Crippen molar-refractivity contribution in [3.63, 3.8) is 0 Å². The lowest BCUT2D eigenvalue weighted by atomic mass is 10.1. The molecule has 21 heavy (non-hydrogen) atoms. The second kappa shape index (κ2) is 5.34. The molecule has 1 aromatic carbocycles. The molecule has 0 radical (unpaired) electrons. The fourth-order valence-corrected chi connectivity index (χ4v) is 2.76. The van der Waals surface area contributed by atoms with Crippen molar-refractivity contribution in [1.82, 2.24) is 20.3 Å². The summed E-state index contributed by atoms with van der Waals surface area (Å²) in [5.41, 5.74) is 1.09. The molecule has 4 rings (SSSR count). The van der Waals surface area contributed by atoms with E-state index >= 15 is 0 Å². The van der Waals surface area contributed by atoms with Crippen molar-refractivity contribution in [1.29, 1.82) is 0 Å². The van der Waals surface area contributed by atoms with Crippen LogP contribution in [0, 0.1) is 0 Å². The maximum Gasteiger partial charge on any atom is 0.231 e. The van der Waals surface area contributed by atoms with Crippen LogP contribution in [0.3, 0.4) is 0 Å². The molecule has 0 amide bonds. The van der Waals surface area contributed by atoms with Crippen LogP contribution in [0.2, 0.25) is 0 Å². The molecule has 2 aliphatic heterocycles. The van der Waals surface area contributed by atoms with E-state index in [0.717, 1.165) is 17.1 Å². The Balaban J connectivity index is 1.46. The molecule has 3 heterocycles. The largest absolute Gasteiger partial charge is 0.454 e. The van der Waals surface area contributed by atoms with E-state index in [0.29, 0.717) is 26.6 Å². The molecule has 0 saturated carbocycles. The average Bonchev–Trinajstić information content (AvgIpc) is 3.23. The van der Waals surface area contributed by atoms with Gasteiger partial charge in [-0.15, -0.1) is 5.10 Å². The summed E-state index contributed by atoms with van der Waals surface area (Å²) in [5, 5.41) is 11.4. The molecule has 2 aromatic rings. The van der Waals surface area contributed by atoms with Crippen molar-refractivity contribution in [2.75, 3.05) is 20.0 Å². The molecule has 0 bridgehead atoms. The van der Waals surface area contributed by atoms with E-state index in [4.69, 9.17) is 14.2 Å². The van der Waals surface area contributed by atoms with Gasteiger partial charge in [-0.1, -0.05) is 17.3 Å². The summed E-state index contributed by atoms with van der Waals surface area (Å²) in [6, 6.07) is 6.31. The minimum atomic E-state index is 0.168. The highest BCUT2D eigenvalue weighted by atomic mass is 16.7. The van der Waals surface area contributed by atoms with Gasteiger partial charge in [-0.2, -0.15) is 0 Å². The summed E-state index contributed by atoms with van der Waals surface area (Å²) >= 11 is 0. The lowest BCUT2D eigenvalue weighted by Crippen LogP contribution is -2.36. The molecule has 1 saturated heterocycles. The standard InChI is InChI=1S/C14H16N4O3/c1-2-10(14-13(3-1)20-9-21-14)6-15-11-7-19-8-12(11)18-5-4-16-17-18/h1-5,11-12,15H,6-9H2/t11-,12+/m0/s1. The van der Waals surface area contributed by atoms with Gasteiger partial charge in [-0.25, -0.2) is 4.68 Å². The molecule has 0 spiro atoms. The third-order valence-corrected chi connectivity index (χ3v) is 3.86. The number of rotatable bonds is 4. The van der Waals surface area contributed by atoms with Crippen LogP contribution in [0.15, 0.2) is 30.6 Å². The third-order valence-electron chi connectivity index (χ3n) is 3.86. The lowest BCUT2D eigenvalue weighted by molar-refractivity contribution is 0.173. The van der Waals surface area contributed by atoms with Crippen LogP contribution in [0.1, 0.15) is 11.6 Å². The predicted molar refractivity (Wildman–Crippen MR) is 73.1 cm³/mol. The highest BCUT2D eigenvalue weighted by Crippen LogP contribution is 2.35. The van der Waals surface area contributed by atoms with Gasteiger partial charge in [0.25, 0.3) is 0 Å². The molecule has 0 unspecified atom stereocenters. The van der Waals surface area contributed by atoms with Gasteiger partial charge in [0, 0.05) is 18.3 Å². The number of hydrogen-bond acceptors (Lipinski definition) is 6. The predicted octanol–water partition coefficient (Wildman–Crippen LogP) is 0.736. The Morgan fingerprint density at radius 3 is 3.19 bits per heavy atom. The minimum Gasteiger partial charge on any atom is -0.454 e. The van der Waals surface area contributed by atoms with Crippen LogP contribution in [-0.4, -0.2) is 41.0 Å². The first-order valence-corrected chi connectivity index (χ1v) is 6.96.